The van der Waals surface area contributed by atoms with Gasteiger partial charge in [0.2, 0.25) is 0 Å². The van der Waals surface area contributed by atoms with Crippen LogP contribution >= 0.6 is 11.8 Å². The third-order valence-electron chi connectivity index (χ3n) is 2.55. The smallest absolute Gasteiger partial charge is 0.0966 e. The van der Waals surface area contributed by atoms with E-state index in [2.05, 4.69) is 22.3 Å². The Labute approximate surface area is 111 Å². The van der Waals surface area contributed by atoms with Gasteiger partial charge < -0.3 is 5.21 Å². The van der Waals surface area contributed by atoms with Gasteiger partial charge in [0.1, 0.15) is 0 Å². The Morgan fingerprint density at radius 3 is 2.78 bits per heavy atom. The van der Waals surface area contributed by atoms with E-state index in [1.807, 2.05) is 31.2 Å². The van der Waals surface area contributed by atoms with Crippen molar-refractivity contribution in [3.63, 3.8) is 0 Å². The van der Waals surface area contributed by atoms with E-state index in [-0.39, 0.29) is 0 Å². The molecule has 2 aromatic rings. The number of nitrogens with zero attached hydrogens (tertiary/aromatic N) is 2. The third-order valence-corrected chi connectivity index (χ3v) is 3.55. The molecule has 4 heteroatoms. The molecule has 0 saturated carbocycles. The van der Waals surface area contributed by atoms with Crippen LogP contribution in [-0.4, -0.2) is 16.4 Å². The lowest BCUT2D eigenvalue weighted by molar-refractivity contribution is 0.322. The number of aryl methyl sites for hydroxylation is 1. The number of thioether (sulfide) groups is 1. The van der Waals surface area contributed by atoms with E-state index in [1.54, 1.807) is 18.0 Å². The third kappa shape index (κ3) is 3.34. The van der Waals surface area contributed by atoms with E-state index in [0.29, 0.717) is 0 Å². The second-order valence-electron chi connectivity index (χ2n) is 3.90. The summed E-state index contributed by atoms with van der Waals surface area (Å²) < 4.78 is 0. The summed E-state index contributed by atoms with van der Waals surface area (Å²) in [4.78, 5) is 4.33. The molecule has 92 valence electrons. The number of benzene rings is 1. The average molecular weight is 258 g/mol. The van der Waals surface area contributed by atoms with E-state index < -0.39 is 0 Å². The molecule has 0 unspecified atom stereocenters. The van der Waals surface area contributed by atoms with Crippen molar-refractivity contribution in [2.75, 3.05) is 0 Å². The van der Waals surface area contributed by atoms with Crippen molar-refractivity contribution >= 4 is 18.0 Å². The zero-order chi connectivity index (χ0) is 12.8. The summed E-state index contributed by atoms with van der Waals surface area (Å²) in [5, 5.41) is 12.5. The summed E-state index contributed by atoms with van der Waals surface area (Å²) >= 11 is 1.70. The van der Waals surface area contributed by atoms with Crippen molar-refractivity contribution in [1.82, 2.24) is 4.98 Å². The molecule has 18 heavy (non-hydrogen) atoms. The van der Waals surface area contributed by atoms with Crippen LogP contribution in [0.3, 0.4) is 0 Å². The molecular formula is C14H14N2OS. The summed E-state index contributed by atoms with van der Waals surface area (Å²) in [5.41, 5.74) is 3.17. The van der Waals surface area contributed by atoms with Crippen LogP contribution in [0.15, 0.2) is 52.8 Å². The van der Waals surface area contributed by atoms with Gasteiger partial charge in [-0.1, -0.05) is 35.5 Å². The molecule has 0 aliphatic carbocycles. The normalized spacial score (nSPS) is 10.9. The first-order valence-corrected chi connectivity index (χ1v) is 6.59. The van der Waals surface area contributed by atoms with Crippen LogP contribution in [0.1, 0.15) is 16.7 Å². The summed E-state index contributed by atoms with van der Waals surface area (Å²) in [6.07, 6.45) is 3.12. The zero-order valence-corrected chi connectivity index (χ0v) is 10.9. The molecule has 2 rings (SSSR count). The number of hydrogen-bond acceptors (Lipinski definition) is 4. The first kappa shape index (κ1) is 12.6. The maximum atomic E-state index is 8.50. The SMILES string of the molecule is Cc1cc(SCc2ccccc2)ncc1/C=N\O. The van der Waals surface area contributed by atoms with E-state index >= 15 is 0 Å². The number of rotatable bonds is 4. The zero-order valence-electron chi connectivity index (χ0n) is 10.1. The minimum atomic E-state index is 0.835. The van der Waals surface area contributed by atoms with Gasteiger partial charge in [-0.2, -0.15) is 0 Å². The van der Waals surface area contributed by atoms with Crippen molar-refractivity contribution in [1.29, 1.82) is 0 Å². The molecule has 3 nitrogen and oxygen atoms in total. The van der Waals surface area contributed by atoms with Crippen LogP contribution in [0.4, 0.5) is 0 Å². The van der Waals surface area contributed by atoms with Crippen molar-refractivity contribution < 1.29 is 5.21 Å². The molecule has 0 bridgehead atoms. The predicted octanol–water partition coefficient (Wildman–Crippen LogP) is 3.49. The van der Waals surface area contributed by atoms with Gasteiger partial charge in [0, 0.05) is 17.5 Å². The first-order valence-electron chi connectivity index (χ1n) is 5.60. The molecule has 1 aromatic heterocycles. The van der Waals surface area contributed by atoms with Gasteiger partial charge in [-0.05, 0) is 24.1 Å². The molecule has 0 spiro atoms. The van der Waals surface area contributed by atoms with Crippen LogP contribution in [0.2, 0.25) is 0 Å². The summed E-state index contributed by atoms with van der Waals surface area (Å²) in [7, 11) is 0. The Balaban J connectivity index is 2.04. The van der Waals surface area contributed by atoms with Crippen LogP contribution in [0.5, 0.6) is 0 Å². The maximum absolute atomic E-state index is 8.50. The molecule has 0 saturated heterocycles. The second-order valence-corrected chi connectivity index (χ2v) is 4.89. The minimum absolute atomic E-state index is 0.835. The molecule has 0 aliphatic rings. The lowest BCUT2D eigenvalue weighted by Crippen LogP contribution is -1.91. The highest BCUT2D eigenvalue weighted by molar-refractivity contribution is 7.98. The molecular weight excluding hydrogens is 244 g/mol. The number of pyridine rings is 1. The van der Waals surface area contributed by atoms with Crippen molar-refractivity contribution in [3.05, 3.63) is 59.3 Å². The summed E-state index contributed by atoms with van der Waals surface area (Å²) in [6, 6.07) is 12.3. The van der Waals surface area contributed by atoms with E-state index in [1.165, 1.54) is 11.8 Å². The predicted molar refractivity (Wildman–Crippen MR) is 74.4 cm³/mol. The first-order chi connectivity index (χ1) is 8.79. The van der Waals surface area contributed by atoms with Crippen molar-refractivity contribution in [2.45, 2.75) is 17.7 Å². The molecule has 1 N–H and O–H groups in total. The Morgan fingerprint density at radius 1 is 1.33 bits per heavy atom. The van der Waals surface area contributed by atoms with Gasteiger partial charge in [0.05, 0.1) is 11.2 Å². The largest absolute Gasteiger partial charge is 0.411 e. The monoisotopic (exact) mass is 258 g/mol. The van der Waals surface area contributed by atoms with Crippen LogP contribution in [0, 0.1) is 6.92 Å². The lowest BCUT2D eigenvalue weighted by atomic mass is 10.2. The van der Waals surface area contributed by atoms with Gasteiger partial charge in [0.25, 0.3) is 0 Å². The van der Waals surface area contributed by atoms with Gasteiger partial charge in [-0.3, -0.25) is 0 Å². The van der Waals surface area contributed by atoms with Crippen molar-refractivity contribution in [3.8, 4) is 0 Å². The summed E-state index contributed by atoms with van der Waals surface area (Å²) in [6.45, 7) is 1.98. The maximum Gasteiger partial charge on any atom is 0.0966 e. The van der Waals surface area contributed by atoms with Crippen LogP contribution in [0.25, 0.3) is 0 Å². The number of oxime groups is 1. The Hall–Kier alpha value is -1.81. The van der Waals surface area contributed by atoms with Crippen molar-refractivity contribution in [2.24, 2.45) is 5.16 Å². The lowest BCUT2D eigenvalue weighted by Gasteiger charge is -2.04. The highest BCUT2D eigenvalue weighted by atomic mass is 32.2. The number of hydrogen-bond donors (Lipinski definition) is 1. The molecule has 0 amide bonds. The molecule has 1 aromatic carbocycles. The van der Waals surface area contributed by atoms with Gasteiger partial charge >= 0.3 is 0 Å². The molecule has 0 aliphatic heterocycles. The summed E-state index contributed by atoms with van der Waals surface area (Å²) in [5.74, 6) is 0.903. The van der Waals surface area contributed by atoms with E-state index in [9.17, 15) is 0 Å². The van der Waals surface area contributed by atoms with Crippen LogP contribution in [-0.2, 0) is 5.75 Å². The van der Waals surface area contributed by atoms with Gasteiger partial charge in [0.15, 0.2) is 0 Å². The Kier molecular flexibility index (Phi) is 4.36. The molecule has 0 radical (unpaired) electrons. The quantitative estimate of drug-likeness (QED) is 0.395. The second kappa shape index (κ2) is 6.21. The van der Waals surface area contributed by atoms with E-state index in [0.717, 1.165) is 21.9 Å². The topological polar surface area (TPSA) is 45.5 Å². The fourth-order valence-electron chi connectivity index (χ4n) is 1.55. The average Bonchev–Trinajstić information content (AvgIpc) is 2.41. The Bertz CT molecular complexity index is 541. The number of aromatic nitrogens is 1. The highest BCUT2D eigenvalue weighted by Gasteiger charge is 2.01. The minimum Gasteiger partial charge on any atom is -0.411 e. The van der Waals surface area contributed by atoms with Gasteiger partial charge in [-0.25, -0.2) is 4.98 Å². The molecule has 1 heterocycles. The standard InChI is InChI=1S/C14H14N2OS/c1-11-7-14(15-8-13(11)9-16-17)18-10-12-5-3-2-4-6-12/h2-9,17H,10H2,1H3/b16-9-. The van der Waals surface area contributed by atoms with Gasteiger partial charge in [-0.15, -0.1) is 11.8 Å². The molecule has 0 atom stereocenters. The highest BCUT2D eigenvalue weighted by Crippen LogP contribution is 2.22. The van der Waals surface area contributed by atoms with E-state index in [4.69, 9.17) is 5.21 Å². The fraction of sp³-hybridized carbons (Fsp3) is 0.143. The van der Waals surface area contributed by atoms with Crippen LogP contribution < -0.4 is 0 Å². The fourth-order valence-corrected chi connectivity index (χ4v) is 2.44. The Morgan fingerprint density at radius 2 is 2.11 bits per heavy atom. The molecule has 0 fully saturated rings.